The first-order valence-electron chi connectivity index (χ1n) is 8.78. The molecule has 0 fully saturated rings. The van der Waals surface area contributed by atoms with E-state index in [2.05, 4.69) is 16.6 Å². The number of carbonyl (C=O) groups is 1. The van der Waals surface area contributed by atoms with Gasteiger partial charge in [0.05, 0.1) is 12.1 Å². The highest BCUT2D eigenvalue weighted by Crippen LogP contribution is 2.22. The highest BCUT2D eigenvalue weighted by molar-refractivity contribution is 7.80. The normalized spacial score (nSPS) is 11.5. The highest BCUT2D eigenvalue weighted by Gasteiger charge is 2.25. The van der Waals surface area contributed by atoms with Crippen molar-refractivity contribution in [3.8, 4) is 0 Å². The molecule has 0 bridgehead atoms. The van der Waals surface area contributed by atoms with Crippen molar-refractivity contribution >= 4 is 39.4 Å². The summed E-state index contributed by atoms with van der Waals surface area (Å²) >= 11 is 5.36. The number of aryl methyl sites for hydroxylation is 1. The van der Waals surface area contributed by atoms with Crippen molar-refractivity contribution in [2.75, 3.05) is 7.05 Å². The van der Waals surface area contributed by atoms with E-state index in [0.29, 0.717) is 16.4 Å². The Hall–Kier alpha value is -1.80. The number of nitrogens with one attached hydrogen (secondary N) is 1. The molecule has 0 saturated heterocycles. The van der Waals surface area contributed by atoms with Crippen LogP contribution >= 0.6 is 12.2 Å². The second kappa shape index (κ2) is 11.0. The van der Waals surface area contributed by atoms with Crippen molar-refractivity contribution < 1.29 is 13.2 Å². The average molecular weight is 398 g/mol. The molecular formula is C18H27N3O3S2. The van der Waals surface area contributed by atoms with E-state index in [1.165, 1.54) is 0 Å². The molecule has 0 aliphatic carbocycles. The molecule has 1 unspecified atom stereocenters. The molecule has 1 aromatic rings. The van der Waals surface area contributed by atoms with Crippen molar-refractivity contribution in [2.45, 2.75) is 58.9 Å². The van der Waals surface area contributed by atoms with Crippen molar-refractivity contribution in [1.82, 2.24) is 10.2 Å². The largest absolute Gasteiger partial charge is 0.365 e. The molecule has 8 heteroatoms. The summed E-state index contributed by atoms with van der Waals surface area (Å²) in [5.74, 6) is -0.106. The van der Waals surface area contributed by atoms with Gasteiger partial charge in [-0.3, -0.25) is 9.69 Å². The predicted octanol–water partition coefficient (Wildman–Crippen LogP) is 3.53. The molecule has 144 valence electrons. The third kappa shape index (κ3) is 6.49. The van der Waals surface area contributed by atoms with Gasteiger partial charge in [-0.1, -0.05) is 38.8 Å². The maximum atomic E-state index is 12.9. The molecule has 1 rings (SSSR count). The summed E-state index contributed by atoms with van der Waals surface area (Å²) in [6, 6.07) is 5.26. The van der Waals surface area contributed by atoms with Gasteiger partial charge >= 0.3 is 10.5 Å². The van der Waals surface area contributed by atoms with E-state index in [0.717, 1.165) is 31.2 Å². The monoisotopic (exact) mass is 397 g/mol. The van der Waals surface area contributed by atoms with Crippen molar-refractivity contribution in [2.24, 2.45) is 4.36 Å². The van der Waals surface area contributed by atoms with Crippen molar-refractivity contribution in [3.63, 3.8) is 0 Å². The summed E-state index contributed by atoms with van der Waals surface area (Å²) in [6.07, 6.45) is 3.93. The molecule has 1 aromatic carbocycles. The molecule has 1 atom stereocenters. The van der Waals surface area contributed by atoms with E-state index in [1.54, 1.807) is 31.0 Å². The van der Waals surface area contributed by atoms with Crippen LogP contribution in [0, 0.1) is 6.92 Å². The molecule has 0 saturated carbocycles. The second-order valence-corrected chi connectivity index (χ2v) is 7.13. The van der Waals surface area contributed by atoms with Crippen LogP contribution in [0.25, 0.3) is 0 Å². The molecular weight excluding hydrogens is 370 g/mol. The standard InChI is InChI=1S/C18H27N3O3S2/c1-5-7-8-15(6-2)21(18(25)19-4)17(22)12-14-10-9-13(3)16(11-14)20-26(23)24/h9-11,15H,5-8,12H2,1-4H3,(H,19,25). The number of nitrogens with zero attached hydrogens (tertiary/aromatic N) is 2. The minimum Gasteiger partial charge on any atom is -0.365 e. The van der Waals surface area contributed by atoms with Gasteiger partial charge in [-0.15, -0.1) is 4.36 Å². The molecule has 0 heterocycles. The topological polar surface area (TPSA) is 78.8 Å². The zero-order valence-electron chi connectivity index (χ0n) is 15.8. The predicted molar refractivity (Wildman–Crippen MR) is 108 cm³/mol. The smallest absolute Gasteiger partial charge is 0.316 e. The van der Waals surface area contributed by atoms with Crippen LogP contribution in [0.4, 0.5) is 5.69 Å². The highest BCUT2D eigenvalue weighted by atomic mass is 32.2. The SMILES string of the molecule is CCCCC(CC)N(C(=O)Cc1ccc(C)c(N=S(=O)=O)c1)C(=S)NC. The van der Waals surface area contributed by atoms with E-state index in [9.17, 15) is 13.2 Å². The van der Waals surface area contributed by atoms with Gasteiger partial charge in [0.25, 0.3) is 0 Å². The fourth-order valence-corrected chi connectivity index (χ4v) is 3.37. The Morgan fingerprint density at radius 2 is 2.04 bits per heavy atom. The number of thiocarbonyl (C=S) groups is 1. The number of rotatable bonds is 8. The van der Waals surface area contributed by atoms with Gasteiger partial charge in [-0.25, -0.2) is 0 Å². The van der Waals surface area contributed by atoms with Crippen LogP contribution < -0.4 is 5.32 Å². The quantitative estimate of drug-likeness (QED) is 0.679. The molecule has 1 amide bonds. The van der Waals surface area contributed by atoms with Crippen molar-refractivity contribution in [1.29, 1.82) is 0 Å². The Kier molecular flexibility index (Phi) is 9.43. The number of carbonyl (C=O) groups excluding carboxylic acids is 1. The van der Waals surface area contributed by atoms with Crippen LogP contribution in [0.1, 0.15) is 50.7 Å². The Morgan fingerprint density at radius 3 is 2.58 bits per heavy atom. The number of hydrogen-bond acceptors (Lipinski definition) is 5. The number of hydrogen-bond donors (Lipinski definition) is 1. The van der Waals surface area contributed by atoms with Crippen LogP contribution in [-0.2, 0) is 21.7 Å². The molecule has 1 N–H and O–H groups in total. The minimum atomic E-state index is -2.53. The zero-order valence-corrected chi connectivity index (χ0v) is 17.4. The fraction of sp³-hybridized carbons (Fsp3) is 0.556. The summed E-state index contributed by atoms with van der Waals surface area (Å²) in [4.78, 5) is 14.6. The summed E-state index contributed by atoms with van der Waals surface area (Å²) in [6.45, 7) is 5.94. The maximum Gasteiger partial charge on any atom is 0.316 e. The van der Waals surface area contributed by atoms with E-state index in [1.807, 2.05) is 13.0 Å². The van der Waals surface area contributed by atoms with Gasteiger partial charge in [-0.05, 0) is 49.2 Å². The minimum absolute atomic E-state index is 0.0474. The third-order valence-electron chi connectivity index (χ3n) is 4.23. The molecule has 0 aromatic heterocycles. The Labute approximate surface area is 162 Å². The summed E-state index contributed by atoms with van der Waals surface area (Å²) in [5.41, 5.74) is 1.80. The summed E-state index contributed by atoms with van der Waals surface area (Å²) in [7, 11) is -0.819. The van der Waals surface area contributed by atoms with Gasteiger partial charge in [0, 0.05) is 13.1 Å². The number of unbranched alkanes of at least 4 members (excludes halogenated alkanes) is 1. The third-order valence-corrected chi connectivity index (χ3v) is 4.98. The first-order valence-corrected chi connectivity index (χ1v) is 10.2. The van der Waals surface area contributed by atoms with Gasteiger partial charge in [0.2, 0.25) is 5.91 Å². The lowest BCUT2D eigenvalue weighted by atomic mass is 10.0. The first kappa shape index (κ1) is 22.2. The zero-order chi connectivity index (χ0) is 19.7. The van der Waals surface area contributed by atoms with Crippen LogP contribution in [0.5, 0.6) is 0 Å². The van der Waals surface area contributed by atoms with Gasteiger partial charge in [-0.2, -0.15) is 8.42 Å². The van der Waals surface area contributed by atoms with Crippen molar-refractivity contribution in [3.05, 3.63) is 29.3 Å². The lowest BCUT2D eigenvalue weighted by Gasteiger charge is -2.31. The van der Waals surface area contributed by atoms with E-state index >= 15 is 0 Å². The summed E-state index contributed by atoms with van der Waals surface area (Å²) < 4.78 is 25.3. The van der Waals surface area contributed by atoms with E-state index in [-0.39, 0.29) is 18.4 Å². The van der Waals surface area contributed by atoms with Gasteiger partial charge in [0.15, 0.2) is 5.11 Å². The number of amides is 1. The number of benzene rings is 1. The molecule has 26 heavy (non-hydrogen) atoms. The Morgan fingerprint density at radius 1 is 1.35 bits per heavy atom. The van der Waals surface area contributed by atoms with Crippen LogP contribution in [0.3, 0.4) is 0 Å². The maximum absolute atomic E-state index is 12.9. The molecule has 0 radical (unpaired) electrons. The van der Waals surface area contributed by atoms with Crippen LogP contribution in [0.15, 0.2) is 22.6 Å². The Balaban J connectivity index is 3.09. The molecule has 0 aliphatic heterocycles. The van der Waals surface area contributed by atoms with Crippen LogP contribution in [0.2, 0.25) is 0 Å². The molecule has 0 aliphatic rings. The van der Waals surface area contributed by atoms with Crippen LogP contribution in [-0.4, -0.2) is 37.4 Å². The Bertz CT molecular complexity index is 768. The van der Waals surface area contributed by atoms with Gasteiger partial charge < -0.3 is 5.32 Å². The van der Waals surface area contributed by atoms with Gasteiger partial charge in [0.1, 0.15) is 0 Å². The molecule has 0 spiro atoms. The van der Waals surface area contributed by atoms with E-state index in [4.69, 9.17) is 12.2 Å². The van der Waals surface area contributed by atoms with E-state index < -0.39 is 10.5 Å². The molecule has 6 nitrogen and oxygen atoms in total. The first-order chi connectivity index (χ1) is 12.3. The fourth-order valence-electron chi connectivity index (χ4n) is 2.76. The summed E-state index contributed by atoms with van der Waals surface area (Å²) in [5, 5.41) is 3.32. The lowest BCUT2D eigenvalue weighted by molar-refractivity contribution is -0.128. The second-order valence-electron chi connectivity index (χ2n) is 6.13. The lowest BCUT2D eigenvalue weighted by Crippen LogP contribution is -2.49. The average Bonchev–Trinajstić information content (AvgIpc) is 2.60.